The van der Waals surface area contributed by atoms with Crippen LogP contribution in [0.15, 0.2) is 52.3 Å². The summed E-state index contributed by atoms with van der Waals surface area (Å²) in [6.45, 7) is 1.52. The van der Waals surface area contributed by atoms with Crippen LogP contribution < -0.4 is 14.8 Å². The molecule has 28 heavy (non-hydrogen) atoms. The molecule has 3 rings (SSSR count). The van der Waals surface area contributed by atoms with Crippen molar-refractivity contribution in [3.05, 3.63) is 48.0 Å². The smallest absolute Gasteiger partial charge is 0.446 e. The normalized spacial score (nSPS) is 15.4. The molecule has 6 nitrogen and oxygen atoms in total. The molecular weight excluding hydrogens is 417 g/mol. The molecule has 2 N–H and O–H groups in total. The van der Waals surface area contributed by atoms with Crippen molar-refractivity contribution < 1.29 is 31.1 Å². The maximum atomic E-state index is 12.5. The van der Waals surface area contributed by atoms with E-state index in [0.29, 0.717) is 17.0 Å². The summed E-state index contributed by atoms with van der Waals surface area (Å²) in [5.74, 6) is 0.172. The number of anilines is 1. The highest BCUT2D eigenvalue weighted by Gasteiger charge is 2.29. The van der Waals surface area contributed by atoms with Crippen molar-refractivity contribution in [3.63, 3.8) is 0 Å². The second-order valence-corrected chi connectivity index (χ2v) is 8.81. The number of fused-ring (bicyclic) bond motifs is 1. The number of hydrogen-bond acceptors (Lipinski definition) is 5. The molecule has 1 atom stereocenters. The number of amides is 1. The summed E-state index contributed by atoms with van der Waals surface area (Å²) in [6, 6.07) is 8.66. The van der Waals surface area contributed by atoms with Gasteiger partial charge in [0.15, 0.2) is 6.61 Å². The van der Waals surface area contributed by atoms with Crippen LogP contribution in [0.4, 0.5) is 18.9 Å². The zero-order valence-electron chi connectivity index (χ0n) is 14.4. The summed E-state index contributed by atoms with van der Waals surface area (Å²) >= 11 is -0.317. The molecule has 0 spiro atoms. The number of carbonyl (C=O) groups is 1. The highest BCUT2D eigenvalue weighted by molar-refractivity contribution is 8.00. The summed E-state index contributed by atoms with van der Waals surface area (Å²) in [7, 11) is -3.96. The standard InChI is InChI=1S/C17H15F3N2O4S2/c1-10(11-2-7-15-14(8-11)21-16(23)9-26-15)22-28(24,25)13-5-3-12(4-6-13)27-17(18,19)20/h2-8,10,22H,9H2,1H3,(H,21,23). The molecule has 0 saturated heterocycles. The lowest BCUT2D eigenvalue weighted by Crippen LogP contribution is -2.28. The maximum absolute atomic E-state index is 12.5. The molecule has 1 amide bonds. The molecule has 1 heterocycles. The third-order valence-electron chi connectivity index (χ3n) is 3.84. The molecule has 1 aliphatic rings. The molecule has 150 valence electrons. The number of sulfonamides is 1. The predicted octanol–water partition coefficient (Wildman–Crippen LogP) is 3.67. The monoisotopic (exact) mass is 432 g/mol. The molecule has 2 aromatic rings. The molecule has 0 fully saturated rings. The summed E-state index contributed by atoms with van der Waals surface area (Å²) in [6.07, 6.45) is 0. The summed E-state index contributed by atoms with van der Waals surface area (Å²) < 4.78 is 69.9. The average Bonchev–Trinajstić information content (AvgIpc) is 2.59. The maximum Gasteiger partial charge on any atom is 0.446 e. The number of thioether (sulfide) groups is 1. The second kappa shape index (κ2) is 7.64. The zero-order valence-corrected chi connectivity index (χ0v) is 16.0. The minimum Gasteiger partial charge on any atom is -0.482 e. The third-order valence-corrected chi connectivity index (χ3v) is 6.13. The SMILES string of the molecule is CC(NS(=O)(=O)c1ccc(SC(F)(F)F)cc1)c1ccc2c(c1)NC(=O)CO2. The number of nitrogens with one attached hydrogen (secondary N) is 2. The van der Waals surface area contributed by atoms with Crippen molar-refractivity contribution in [1.82, 2.24) is 4.72 Å². The minimum atomic E-state index is -4.45. The van der Waals surface area contributed by atoms with Gasteiger partial charge in [0.05, 0.1) is 10.6 Å². The quantitative estimate of drug-likeness (QED) is 0.705. The number of benzene rings is 2. The fraction of sp³-hybridized carbons (Fsp3) is 0.235. The minimum absolute atomic E-state index is 0.0862. The lowest BCUT2D eigenvalue weighted by molar-refractivity contribution is -0.118. The molecule has 1 unspecified atom stereocenters. The molecular formula is C17H15F3N2O4S2. The van der Waals surface area contributed by atoms with Crippen molar-refractivity contribution >= 4 is 33.4 Å². The highest BCUT2D eigenvalue weighted by atomic mass is 32.2. The van der Waals surface area contributed by atoms with Gasteiger partial charge >= 0.3 is 5.51 Å². The average molecular weight is 432 g/mol. The Hall–Kier alpha value is -2.24. The molecule has 0 aliphatic carbocycles. The van der Waals surface area contributed by atoms with Gasteiger partial charge in [0, 0.05) is 10.9 Å². The highest BCUT2D eigenvalue weighted by Crippen LogP contribution is 2.37. The molecule has 0 saturated carbocycles. The van der Waals surface area contributed by atoms with Crippen LogP contribution in [-0.2, 0) is 14.8 Å². The van der Waals surface area contributed by atoms with E-state index in [1.54, 1.807) is 25.1 Å². The van der Waals surface area contributed by atoms with E-state index in [1.807, 2.05) is 0 Å². The van der Waals surface area contributed by atoms with Crippen molar-refractivity contribution in [2.75, 3.05) is 11.9 Å². The van der Waals surface area contributed by atoms with E-state index in [4.69, 9.17) is 4.74 Å². The Morgan fingerprint density at radius 2 is 1.86 bits per heavy atom. The first-order chi connectivity index (χ1) is 13.0. The fourth-order valence-corrected chi connectivity index (χ4v) is 4.33. The third kappa shape index (κ3) is 4.97. The van der Waals surface area contributed by atoms with Gasteiger partial charge in [0.1, 0.15) is 5.75 Å². The van der Waals surface area contributed by atoms with Gasteiger partial charge in [-0.25, -0.2) is 13.1 Å². The van der Waals surface area contributed by atoms with E-state index >= 15 is 0 Å². The topological polar surface area (TPSA) is 84.5 Å². The lowest BCUT2D eigenvalue weighted by Gasteiger charge is -2.21. The van der Waals surface area contributed by atoms with Crippen LogP contribution in [0.2, 0.25) is 0 Å². The van der Waals surface area contributed by atoms with Gasteiger partial charge in [-0.05, 0) is 60.6 Å². The van der Waals surface area contributed by atoms with Crippen LogP contribution in [0.5, 0.6) is 5.75 Å². The fourth-order valence-electron chi connectivity index (χ4n) is 2.56. The van der Waals surface area contributed by atoms with Crippen molar-refractivity contribution in [1.29, 1.82) is 0 Å². The van der Waals surface area contributed by atoms with E-state index in [9.17, 15) is 26.4 Å². The largest absolute Gasteiger partial charge is 0.482 e. The predicted molar refractivity (Wildman–Crippen MR) is 97.7 cm³/mol. The van der Waals surface area contributed by atoms with E-state index < -0.39 is 21.6 Å². The summed E-state index contributed by atoms with van der Waals surface area (Å²) in [4.78, 5) is 11.2. The van der Waals surface area contributed by atoms with Crippen LogP contribution in [-0.4, -0.2) is 26.4 Å². The summed E-state index contributed by atoms with van der Waals surface area (Å²) in [5, 5.41) is 2.64. The first kappa shape index (κ1) is 20.5. The van der Waals surface area contributed by atoms with Crippen molar-refractivity contribution in [3.8, 4) is 5.75 Å². The first-order valence-electron chi connectivity index (χ1n) is 7.98. The van der Waals surface area contributed by atoms with Crippen LogP contribution in [0.25, 0.3) is 0 Å². The van der Waals surface area contributed by atoms with E-state index in [-0.39, 0.29) is 34.1 Å². The van der Waals surface area contributed by atoms with Gasteiger partial charge in [0.25, 0.3) is 5.91 Å². The Labute approximate surface area is 163 Å². The number of rotatable bonds is 5. The molecule has 0 radical (unpaired) electrons. The number of hydrogen-bond donors (Lipinski definition) is 2. The number of ether oxygens (including phenoxy) is 1. The van der Waals surface area contributed by atoms with E-state index in [1.165, 1.54) is 0 Å². The van der Waals surface area contributed by atoms with E-state index in [0.717, 1.165) is 24.3 Å². The van der Waals surface area contributed by atoms with Crippen LogP contribution in [0.3, 0.4) is 0 Å². The number of carbonyl (C=O) groups excluding carboxylic acids is 1. The van der Waals surface area contributed by atoms with Gasteiger partial charge in [-0.3, -0.25) is 4.79 Å². The van der Waals surface area contributed by atoms with E-state index in [2.05, 4.69) is 10.0 Å². The Morgan fingerprint density at radius 3 is 2.50 bits per heavy atom. The van der Waals surface area contributed by atoms with Crippen LogP contribution in [0.1, 0.15) is 18.5 Å². The molecule has 11 heteroatoms. The molecule has 2 aromatic carbocycles. The molecule has 0 bridgehead atoms. The van der Waals surface area contributed by atoms with Gasteiger partial charge in [-0.1, -0.05) is 6.07 Å². The van der Waals surface area contributed by atoms with Gasteiger partial charge in [-0.15, -0.1) is 0 Å². The zero-order chi connectivity index (χ0) is 20.5. The van der Waals surface area contributed by atoms with Gasteiger partial charge in [-0.2, -0.15) is 13.2 Å². The lowest BCUT2D eigenvalue weighted by atomic mass is 10.1. The van der Waals surface area contributed by atoms with Gasteiger partial charge < -0.3 is 10.1 Å². The first-order valence-corrected chi connectivity index (χ1v) is 10.3. The van der Waals surface area contributed by atoms with Crippen molar-refractivity contribution in [2.24, 2.45) is 0 Å². The van der Waals surface area contributed by atoms with Crippen molar-refractivity contribution in [2.45, 2.75) is 28.3 Å². The Balaban J connectivity index is 1.75. The van der Waals surface area contributed by atoms with Crippen LogP contribution in [0, 0.1) is 0 Å². The Bertz CT molecular complexity index is 992. The number of alkyl halides is 3. The Kier molecular flexibility index (Phi) is 5.60. The van der Waals surface area contributed by atoms with Gasteiger partial charge in [0.2, 0.25) is 10.0 Å². The Morgan fingerprint density at radius 1 is 1.18 bits per heavy atom. The molecule has 1 aliphatic heterocycles. The second-order valence-electron chi connectivity index (χ2n) is 5.95. The van der Waals surface area contributed by atoms with Crippen LogP contribution >= 0.6 is 11.8 Å². The summed E-state index contributed by atoms with van der Waals surface area (Å²) in [5.41, 5.74) is -3.43. The number of halogens is 3. The molecule has 0 aromatic heterocycles.